The molecule has 192 valence electrons. The third-order valence-corrected chi connectivity index (χ3v) is 4.95. The number of nitrogens with zero attached hydrogens (tertiary/aromatic N) is 2. The highest BCUT2D eigenvalue weighted by molar-refractivity contribution is 6.37. The molecule has 0 aromatic heterocycles. The number of carboxylic acids is 2. The van der Waals surface area contributed by atoms with Gasteiger partial charge >= 0.3 is 11.9 Å². The van der Waals surface area contributed by atoms with Gasteiger partial charge in [-0.15, -0.1) is 0 Å². The third kappa shape index (κ3) is 7.73. The molecule has 10 nitrogen and oxygen atoms in total. The van der Waals surface area contributed by atoms with Crippen LogP contribution in [0, 0.1) is 11.3 Å². The Morgan fingerprint density at radius 1 is 1.00 bits per heavy atom. The zero-order valence-electron chi connectivity index (χ0n) is 20.2. The molecule has 0 aliphatic carbocycles. The van der Waals surface area contributed by atoms with Crippen LogP contribution in [0.4, 0.5) is 5.69 Å². The van der Waals surface area contributed by atoms with Crippen molar-refractivity contribution in [2.45, 2.75) is 13.3 Å². The van der Waals surface area contributed by atoms with Crippen LogP contribution in [0.5, 0.6) is 0 Å². The predicted octanol–water partition coefficient (Wildman–Crippen LogP) is 3.22. The average Bonchev–Trinajstić information content (AvgIpc) is 3.17. The number of amides is 3. The van der Waals surface area contributed by atoms with E-state index in [1.54, 1.807) is 66.7 Å². The molecule has 3 amide bonds. The molecule has 0 unspecified atom stereocenters. The molecule has 3 rings (SSSR count). The lowest BCUT2D eigenvalue weighted by atomic mass is 10.0. The first-order valence-corrected chi connectivity index (χ1v) is 11.0. The number of allylic oxidation sites excluding steroid dienone is 1. The number of rotatable bonds is 8. The van der Waals surface area contributed by atoms with Gasteiger partial charge in [-0.05, 0) is 30.7 Å². The van der Waals surface area contributed by atoms with Gasteiger partial charge in [0.1, 0.15) is 0 Å². The summed E-state index contributed by atoms with van der Waals surface area (Å²) in [6.07, 6.45) is 3.19. The molecule has 0 saturated carbocycles. The van der Waals surface area contributed by atoms with Gasteiger partial charge in [-0.25, -0.2) is 4.79 Å². The first-order chi connectivity index (χ1) is 18.1. The Balaban J connectivity index is 0.000000267. The van der Waals surface area contributed by atoms with E-state index in [-0.39, 0.29) is 22.3 Å². The second kappa shape index (κ2) is 13.5. The van der Waals surface area contributed by atoms with E-state index >= 15 is 0 Å². The quantitative estimate of drug-likeness (QED) is 0.275. The molecule has 10 heteroatoms. The lowest BCUT2D eigenvalue weighted by Crippen LogP contribution is -2.27. The molecule has 0 fully saturated rings. The average molecular weight is 514 g/mol. The van der Waals surface area contributed by atoms with E-state index in [9.17, 15) is 24.0 Å². The Morgan fingerprint density at radius 2 is 1.58 bits per heavy atom. The standard InChI is InChI=1S/C14H12N2O3.C14H11NO4/c1-11(10-13(17)18)14(19)16(9-5-8-15)12-6-3-2-4-7-12;1-8(14(18)19)7-10-11(13(17)15-12(10)16)9-5-3-2-4-6-9/h2-7,9H,1,10H2,(H,17,18);2-7H,1H3,(H,18,19)(H,15,16,17). The molecular formula is C28H23N3O7. The van der Waals surface area contributed by atoms with Gasteiger partial charge in [0.25, 0.3) is 17.7 Å². The van der Waals surface area contributed by atoms with Crippen LogP contribution in [-0.4, -0.2) is 39.9 Å². The molecule has 38 heavy (non-hydrogen) atoms. The van der Waals surface area contributed by atoms with E-state index in [2.05, 4.69) is 11.9 Å². The molecule has 3 N–H and O–H groups in total. The fraction of sp³-hybridized carbons (Fsp3) is 0.0714. The van der Waals surface area contributed by atoms with Crippen LogP contribution < -0.4 is 10.2 Å². The molecule has 1 heterocycles. The van der Waals surface area contributed by atoms with Crippen molar-refractivity contribution in [2.75, 3.05) is 4.90 Å². The number of carbonyl (C=O) groups is 5. The lowest BCUT2D eigenvalue weighted by molar-refractivity contribution is -0.137. The molecule has 0 saturated heterocycles. The van der Waals surface area contributed by atoms with E-state index in [4.69, 9.17) is 15.5 Å². The van der Waals surface area contributed by atoms with Gasteiger partial charge in [0.2, 0.25) is 0 Å². The smallest absolute Gasteiger partial charge is 0.331 e. The highest BCUT2D eigenvalue weighted by Crippen LogP contribution is 2.25. The van der Waals surface area contributed by atoms with Crippen molar-refractivity contribution in [1.29, 1.82) is 5.26 Å². The first-order valence-electron chi connectivity index (χ1n) is 11.0. The second-order valence-electron chi connectivity index (χ2n) is 7.70. The number of nitrogens with one attached hydrogen (secondary N) is 1. The van der Waals surface area contributed by atoms with Gasteiger partial charge in [0.15, 0.2) is 0 Å². The summed E-state index contributed by atoms with van der Waals surface area (Å²) in [5.74, 6) is -3.91. The van der Waals surface area contributed by atoms with Crippen molar-refractivity contribution in [1.82, 2.24) is 5.32 Å². The Bertz CT molecular complexity index is 1400. The summed E-state index contributed by atoms with van der Waals surface area (Å²) >= 11 is 0. The van der Waals surface area contributed by atoms with E-state index in [1.165, 1.54) is 24.1 Å². The van der Waals surface area contributed by atoms with Crippen LogP contribution in [0.15, 0.2) is 102 Å². The van der Waals surface area contributed by atoms with Gasteiger partial charge in [-0.2, -0.15) is 5.26 Å². The molecule has 0 atom stereocenters. The molecule has 1 aliphatic heterocycles. The lowest BCUT2D eigenvalue weighted by Gasteiger charge is -2.18. The number of nitriles is 1. The summed E-state index contributed by atoms with van der Waals surface area (Å²) in [5.41, 5.74) is 1.33. The van der Waals surface area contributed by atoms with Crippen LogP contribution in [0.1, 0.15) is 18.9 Å². The zero-order valence-corrected chi connectivity index (χ0v) is 20.2. The van der Waals surface area contributed by atoms with Gasteiger partial charge < -0.3 is 10.2 Å². The molecule has 0 spiro atoms. The van der Waals surface area contributed by atoms with E-state index < -0.39 is 36.1 Å². The minimum atomic E-state index is -1.13. The Hall–Kier alpha value is -5.56. The normalized spacial score (nSPS) is 12.8. The number of aliphatic carboxylic acids is 2. The van der Waals surface area contributed by atoms with E-state index in [0.717, 1.165) is 6.08 Å². The van der Waals surface area contributed by atoms with Gasteiger partial charge in [0.05, 0.1) is 23.6 Å². The molecule has 2 aromatic carbocycles. The number of carboxylic acid groups (broad SMARTS) is 2. The summed E-state index contributed by atoms with van der Waals surface area (Å²) in [5, 5.41) is 28.2. The maximum Gasteiger partial charge on any atom is 0.331 e. The first kappa shape index (κ1) is 28.7. The van der Waals surface area contributed by atoms with Crippen molar-refractivity contribution in [2.24, 2.45) is 0 Å². The van der Waals surface area contributed by atoms with Gasteiger partial charge in [-0.1, -0.05) is 55.1 Å². The number of hydrogen-bond acceptors (Lipinski definition) is 6. The maximum atomic E-state index is 12.1. The van der Waals surface area contributed by atoms with E-state index in [1.807, 2.05) is 0 Å². The van der Waals surface area contributed by atoms with Crippen LogP contribution in [0.3, 0.4) is 0 Å². The molecule has 0 bridgehead atoms. The fourth-order valence-corrected chi connectivity index (χ4v) is 3.17. The topological polar surface area (TPSA) is 165 Å². The van der Waals surface area contributed by atoms with Crippen molar-refractivity contribution >= 4 is 40.9 Å². The van der Waals surface area contributed by atoms with Crippen molar-refractivity contribution in [3.05, 3.63) is 108 Å². The highest BCUT2D eigenvalue weighted by Gasteiger charge is 2.30. The Morgan fingerprint density at radius 3 is 2.11 bits per heavy atom. The van der Waals surface area contributed by atoms with Crippen molar-refractivity contribution < 1.29 is 34.2 Å². The minimum Gasteiger partial charge on any atom is -0.481 e. The number of para-hydroxylation sites is 1. The molecule has 1 aliphatic rings. The SMILES string of the molecule is C=C(CC(=O)O)C(=O)N(C=CC#N)c1ccccc1.CC(=CC1=C(c2ccccc2)C(=O)NC1=O)C(=O)O. The van der Waals surface area contributed by atoms with Crippen LogP contribution in [0.25, 0.3) is 5.57 Å². The largest absolute Gasteiger partial charge is 0.481 e. The second-order valence-corrected chi connectivity index (χ2v) is 7.70. The monoisotopic (exact) mass is 513 g/mol. The highest BCUT2D eigenvalue weighted by atomic mass is 16.4. The van der Waals surface area contributed by atoms with Gasteiger partial charge in [-0.3, -0.25) is 29.4 Å². The number of imide groups is 1. The molecule has 2 aromatic rings. The fourth-order valence-electron chi connectivity index (χ4n) is 3.17. The number of carbonyl (C=O) groups excluding carboxylic acids is 3. The van der Waals surface area contributed by atoms with Crippen molar-refractivity contribution in [3.8, 4) is 6.07 Å². The number of anilines is 1. The number of hydrogen-bond donors (Lipinski definition) is 3. The van der Waals surface area contributed by atoms with Crippen LogP contribution >= 0.6 is 0 Å². The van der Waals surface area contributed by atoms with Crippen molar-refractivity contribution in [3.63, 3.8) is 0 Å². The van der Waals surface area contributed by atoms with E-state index in [0.29, 0.717) is 11.3 Å². The van der Waals surface area contributed by atoms with Gasteiger partial charge in [0, 0.05) is 29.1 Å². The zero-order chi connectivity index (χ0) is 28.2. The number of benzene rings is 2. The van der Waals surface area contributed by atoms with Crippen LogP contribution in [0.2, 0.25) is 0 Å². The summed E-state index contributed by atoms with van der Waals surface area (Å²) < 4.78 is 0. The minimum absolute atomic E-state index is 0.00622. The predicted molar refractivity (Wildman–Crippen MR) is 138 cm³/mol. The Labute approximate surface area is 218 Å². The third-order valence-electron chi connectivity index (χ3n) is 4.95. The summed E-state index contributed by atoms with van der Waals surface area (Å²) in [6, 6.07) is 19.0. The summed E-state index contributed by atoms with van der Waals surface area (Å²) in [4.78, 5) is 58.2. The summed E-state index contributed by atoms with van der Waals surface area (Å²) in [7, 11) is 0. The maximum absolute atomic E-state index is 12.1. The Kier molecular flexibility index (Phi) is 10.2. The molecular weight excluding hydrogens is 490 g/mol. The summed E-state index contributed by atoms with van der Waals surface area (Å²) in [6.45, 7) is 4.83. The molecule has 0 radical (unpaired) electrons. The van der Waals surface area contributed by atoms with Crippen LogP contribution in [-0.2, 0) is 24.0 Å².